The molecule has 0 N–H and O–H groups in total. The van der Waals surface area contributed by atoms with E-state index in [-0.39, 0.29) is 11.8 Å². The quantitative estimate of drug-likeness (QED) is 0.529. The molecule has 0 aliphatic carbocycles. The molecule has 174 valence electrons. The predicted octanol–water partition coefficient (Wildman–Crippen LogP) is 4.37. The largest absolute Gasteiger partial charge is 0.497 e. The van der Waals surface area contributed by atoms with Crippen LogP contribution in [0.4, 0.5) is 11.4 Å². The van der Waals surface area contributed by atoms with E-state index in [0.717, 1.165) is 22.4 Å². The van der Waals surface area contributed by atoms with Crippen LogP contribution in [0.2, 0.25) is 0 Å². The lowest BCUT2D eigenvalue weighted by atomic mass is 9.89. The number of para-hydroxylation sites is 1. The minimum Gasteiger partial charge on any atom is -0.497 e. The SMILES string of the molecule is COc1ccc([C@H]2[C@H]3C(=O)N(c4ccc(C)cc4)C(=O)[C@@H]3ON2c2ccccc2C)c(OC)c1. The maximum absolute atomic E-state index is 13.8. The molecule has 2 heterocycles. The lowest BCUT2D eigenvalue weighted by Crippen LogP contribution is -2.37. The summed E-state index contributed by atoms with van der Waals surface area (Å²) in [5, 5.41) is 1.69. The fourth-order valence-corrected chi connectivity index (χ4v) is 4.76. The fraction of sp³-hybridized carbons (Fsp3) is 0.259. The van der Waals surface area contributed by atoms with E-state index in [9.17, 15) is 9.59 Å². The second kappa shape index (κ2) is 8.50. The molecule has 7 heteroatoms. The number of hydrogen-bond acceptors (Lipinski definition) is 6. The molecule has 2 aliphatic heterocycles. The number of anilines is 2. The molecule has 3 atom stereocenters. The van der Waals surface area contributed by atoms with Gasteiger partial charge in [-0.25, -0.2) is 9.96 Å². The monoisotopic (exact) mass is 458 g/mol. The molecule has 3 aromatic carbocycles. The first-order chi connectivity index (χ1) is 16.4. The molecule has 2 fully saturated rings. The normalized spacial score (nSPS) is 21.7. The van der Waals surface area contributed by atoms with Crippen LogP contribution in [-0.2, 0) is 14.4 Å². The second-order valence-electron chi connectivity index (χ2n) is 8.56. The number of hydroxylamine groups is 1. The third kappa shape index (κ3) is 3.40. The van der Waals surface area contributed by atoms with Gasteiger partial charge in [-0.3, -0.25) is 14.4 Å². The molecule has 2 saturated heterocycles. The van der Waals surface area contributed by atoms with E-state index in [4.69, 9.17) is 14.3 Å². The van der Waals surface area contributed by atoms with Crippen molar-refractivity contribution in [1.82, 2.24) is 0 Å². The Labute approximate surface area is 198 Å². The Hall–Kier alpha value is -3.84. The predicted molar refractivity (Wildman–Crippen MR) is 128 cm³/mol. The van der Waals surface area contributed by atoms with E-state index in [1.165, 1.54) is 4.90 Å². The highest BCUT2D eigenvalue weighted by Gasteiger charge is 2.60. The Morgan fingerprint density at radius 1 is 0.853 bits per heavy atom. The topological polar surface area (TPSA) is 68.3 Å². The van der Waals surface area contributed by atoms with Crippen LogP contribution in [0.5, 0.6) is 11.5 Å². The van der Waals surface area contributed by atoms with Gasteiger partial charge < -0.3 is 9.47 Å². The average molecular weight is 459 g/mol. The number of hydrogen-bond donors (Lipinski definition) is 0. The van der Waals surface area contributed by atoms with E-state index in [2.05, 4.69) is 0 Å². The van der Waals surface area contributed by atoms with E-state index in [1.54, 1.807) is 37.5 Å². The highest BCUT2D eigenvalue weighted by Crippen LogP contribution is 2.50. The number of amides is 2. The Morgan fingerprint density at radius 2 is 1.59 bits per heavy atom. The van der Waals surface area contributed by atoms with Crippen molar-refractivity contribution in [1.29, 1.82) is 0 Å². The highest BCUT2D eigenvalue weighted by molar-refractivity contribution is 6.24. The van der Waals surface area contributed by atoms with Crippen LogP contribution in [0.1, 0.15) is 22.7 Å². The lowest BCUT2D eigenvalue weighted by Gasteiger charge is -2.30. The number of rotatable bonds is 5. The van der Waals surface area contributed by atoms with Crippen LogP contribution in [0.25, 0.3) is 0 Å². The molecule has 0 saturated carbocycles. The number of benzene rings is 3. The summed E-state index contributed by atoms with van der Waals surface area (Å²) in [4.78, 5) is 34.8. The summed E-state index contributed by atoms with van der Waals surface area (Å²) in [5.41, 5.74) is 4.09. The number of ether oxygens (including phenoxy) is 2. The van der Waals surface area contributed by atoms with Crippen LogP contribution in [0, 0.1) is 19.8 Å². The molecule has 0 aromatic heterocycles. The first-order valence-electron chi connectivity index (χ1n) is 11.1. The summed E-state index contributed by atoms with van der Waals surface area (Å²) >= 11 is 0. The summed E-state index contributed by atoms with van der Waals surface area (Å²) in [7, 11) is 3.16. The molecule has 0 bridgehead atoms. The molecule has 0 spiro atoms. The molecule has 2 aliphatic rings. The number of imide groups is 1. The fourth-order valence-electron chi connectivity index (χ4n) is 4.76. The van der Waals surface area contributed by atoms with Crippen molar-refractivity contribution in [3.8, 4) is 11.5 Å². The van der Waals surface area contributed by atoms with E-state index < -0.39 is 18.1 Å². The molecule has 2 amide bonds. The second-order valence-corrected chi connectivity index (χ2v) is 8.56. The van der Waals surface area contributed by atoms with Crippen LogP contribution in [0.3, 0.4) is 0 Å². The molecular weight excluding hydrogens is 432 g/mol. The number of nitrogens with zero attached hydrogens (tertiary/aromatic N) is 2. The zero-order valence-electron chi connectivity index (χ0n) is 19.5. The van der Waals surface area contributed by atoms with Crippen LogP contribution >= 0.6 is 0 Å². The first kappa shape index (κ1) is 22.0. The summed E-state index contributed by atoms with van der Waals surface area (Å²) in [6.07, 6.45) is -0.940. The number of carbonyl (C=O) groups is 2. The Balaban J connectivity index is 1.64. The van der Waals surface area contributed by atoms with Gasteiger partial charge in [0, 0.05) is 11.6 Å². The van der Waals surface area contributed by atoms with Crippen molar-refractivity contribution in [2.24, 2.45) is 5.92 Å². The van der Waals surface area contributed by atoms with Crippen molar-refractivity contribution in [3.05, 3.63) is 83.4 Å². The van der Waals surface area contributed by atoms with Gasteiger partial charge in [0.25, 0.3) is 5.91 Å². The minimum atomic E-state index is -0.940. The van der Waals surface area contributed by atoms with Crippen molar-refractivity contribution in [3.63, 3.8) is 0 Å². The Morgan fingerprint density at radius 3 is 2.26 bits per heavy atom. The smallest absolute Gasteiger partial charge is 0.266 e. The van der Waals surface area contributed by atoms with Crippen LogP contribution in [-0.4, -0.2) is 32.1 Å². The molecule has 3 aromatic rings. The van der Waals surface area contributed by atoms with Gasteiger partial charge >= 0.3 is 0 Å². The Kier molecular flexibility index (Phi) is 5.49. The number of fused-ring (bicyclic) bond motifs is 1. The zero-order chi connectivity index (χ0) is 24.0. The number of aryl methyl sites for hydroxylation is 2. The maximum Gasteiger partial charge on any atom is 0.266 e. The zero-order valence-corrected chi connectivity index (χ0v) is 19.5. The maximum atomic E-state index is 13.8. The van der Waals surface area contributed by atoms with Gasteiger partial charge in [-0.05, 0) is 49.7 Å². The molecule has 34 heavy (non-hydrogen) atoms. The summed E-state index contributed by atoms with van der Waals surface area (Å²) < 4.78 is 11.0. The van der Waals surface area contributed by atoms with E-state index >= 15 is 0 Å². The standard InChI is InChI=1S/C27H26N2O5/c1-16-9-11-18(12-10-16)28-26(30)23-24(20-14-13-19(32-3)15-22(20)33-4)29(34-25(23)27(28)31)21-8-6-5-7-17(21)2/h5-15,23-25H,1-4H3/t23-,24+,25-/m1/s1. The molecule has 7 nitrogen and oxygen atoms in total. The summed E-state index contributed by atoms with van der Waals surface area (Å²) in [5.74, 6) is -0.212. The van der Waals surface area contributed by atoms with E-state index in [0.29, 0.717) is 17.2 Å². The molecule has 0 unspecified atom stereocenters. The van der Waals surface area contributed by atoms with Crippen LogP contribution < -0.4 is 19.4 Å². The third-order valence-electron chi connectivity index (χ3n) is 6.52. The van der Waals surface area contributed by atoms with Gasteiger partial charge in [0.1, 0.15) is 17.4 Å². The number of methoxy groups -OCH3 is 2. The van der Waals surface area contributed by atoms with Gasteiger partial charge in [0.2, 0.25) is 5.91 Å². The van der Waals surface area contributed by atoms with Gasteiger partial charge in [-0.15, -0.1) is 0 Å². The van der Waals surface area contributed by atoms with Gasteiger partial charge in [0.15, 0.2) is 6.10 Å². The van der Waals surface area contributed by atoms with E-state index in [1.807, 2.05) is 62.4 Å². The molecule has 5 rings (SSSR count). The average Bonchev–Trinajstić information content (AvgIpc) is 3.35. The molecular formula is C27H26N2O5. The van der Waals surface area contributed by atoms with Crippen molar-refractivity contribution in [2.75, 3.05) is 24.2 Å². The highest BCUT2D eigenvalue weighted by atomic mass is 16.7. The van der Waals surface area contributed by atoms with Crippen molar-refractivity contribution < 1.29 is 23.9 Å². The Bertz CT molecular complexity index is 1260. The van der Waals surface area contributed by atoms with Gasteiger partial charge in [-0.2, -0.15) is 0 Å². The summed E-state index contributed by atoms with van der Waals surface area (Å²) in [6, 6.07) is 20.0. The van der Waals surface area contributed by atoms with Gasteiger partial charge in [-0.1, -0.05) is 35.9 Å². The third-order valence-corrected chi connectivity index (χ3v) is 6.52. The molecule has 0 radical (unpaired) electrons. The number of carbonyl (C=O) groups excluding carboxylic acids is 2. The first-order valence-corrected chi connectivity index (χ1v) is 11.1. The van der Waals surface area contributed by atoms with Crippen LogP contribution in [0.15, 0.2) is 66.7 Å². The summed E-state index contributed by atoms with van der Waals surface area (Å²) in [6.45, 7) is 3.93. The lowest BCUT2D eigenvalue weighted by molar-refractivity contribution is -0.126. The van der Waals surface area contributed by atoms with Gasteiger partial charge in [0.05, 0.1) is 31.6 Å². The minimum absolute atomic E-state index is 0.294. The van der Waals surface area contributed by atoms with Crippen molar-refractivity contribution in [2.45, 2.75) is 26.0 Å². The van der Waals surface area contributed by atoms with Crippen molar-refractivity contribution >= 4 is 23.2 Å².